The lowest BCUT2D eigenvalue weighted by atomic mass is 9.94. The summed E-state index contributed by atoms with van der Waals surface area (Å²) in [4.78, 5) is 47.5. The summed E-state index contributed by atoms with van der Waals surface area (Å²) >= 11 is 0. The van der Waals surface area contributed by atoms with Crippen molar-refractivity contribution in [3.63, 3.8) is 0 Å². The van der Waals surface area contributed by atoms with Gasteiger partial charge in [-0.15, -0.1) is 0 Å². The van der Waals surface area contributed by atoms with Gasteiger partial charge >= 0.3 is 12.1 Å². The lowest BCUT2D eigenvalue weighted by molar-refractivity contribution is -0.141. The summed E-state index contributed by atoms with van der Waals surface area (Å²) in [5, 5.41) is 3.20. The predicted molar refractivity (Wildman–Crippen MR) is 170 cm³/mol. The van der Waals surface area contributed by atoms with Gasteiger partial charge in [-0.25, -0.2) is 9.78 Å². The van der Waals surface area contributed by atoms with E-state index < -0.39 is 11.6 Å². The number of ether oxygens (including phenoxy) is 2. The molecular formula is C35H48N4O5. The fraction of sp³-hybridized carbons (Fsp3) is 0.600. The molecule has 1 unspecified atom stereocenters. The number of aryl methyl sites for hydroxylation is 4. The highest BCUT2D eigenvalue weighted by atomic mass is 16.6. The van der Waals surface area contributed by atoms with Gasteiger partial charge in [0.2, 0.25) is 5.91 Å². The largest absolute Gasteiger partial charge is 0.469 e. The molecule has 44 heavy (non-hydrogen) atoms. The number of methoxy groups -OCH3 is 1. The number of likely N-dealkylation sites (tertiary alicyclic amines) is 1. The van der Waals surface area contributed by atoms with Crippen molar-refractivity contribution < 1.29 is 23.9 Å². The van der Waals surface area contributed by atoms with E-state index in [9.17, 15) is 14.4 Å². The number of pyridine rings is 1. The number of amides is 2. The van der Waals surface area contributed by atoms with Crippen LogP contribution in [0.4, 0.5) is 10.6 Å². The zero-order valence-electron chi connectivity index (χ0n) is 26.8. The van der Waals surface area contributed by atoms with Crippen LogP contribution in [0.5, 0.6) is 0 Å². The minimum absolute atomic E-state index is 0.00249. The number of rotatable bonds is 9. The van der Waals surface area contributed by atoms with Gasteiger partial charge in [-0.2, -0.15) is 0 Å². The lowest BCUT2D eigenvalue weighted by Gasteiger charge is -2.33. The van der Waals surface area contributed by atoms with Crippen LogP contribution in [-0.4, -0.2) is 66.7 Å². The third kappa shape index (κ3) is 8.17. The monoisotopic (exact) mass is 604 g/mol. The summed E-state index contributed by atoms with van der Waals surface area (Å²) in [6.07, 6.45) is 8.37. The van der Waals surface area contributed by atoms with Gasteiger partial charge in [0, 0.05) is 18.8 Å². The van der Waals surface area contributed by atoms with Crippen LogP contribution in [-0.2, 0) is 44.7 Å². The first kappa shape index (κ1) is 31.9. The SMILES string of the molecule is COC(=O)CC(NC(=O)[C@@H]1CCCN(CCCc2ccc3c(n2)N(C(=O)OC(C)(C)C)CCC3)C1)c1ccc2c(c1)CCC2. The standard InChI is InChI=1S/C35H48N4O5/c1-35(2,3)44-34(42)39-20-7-11-25-16-17-29(36-32(25)39)13-8-19-38-18-6-12-28(23-38)33(41)37-30(22-31(40)43-4)27-15-14-24-9-5-10-26(24)21-27/h14-17,21,28,30H,5-13,18-20,22-23H2,1-4H3,(H,37,41)/t28-,30?/m1/s1. The Morgan fingerprint density at radius 1 is 1.00 bits per heavy atom. The minimum Gasteiger partial charge on any atom is -0.469 e. The molecule has 1 aromatic carbocycles. The van der Waals surface area contributed by atoms with E-state index in [1.54, 1.807) is 4.90 Å². The molecule has 2 aliphatic heterocycles. The molecule has 3 aliphatic rings. The molecule has 0 bridgehead atoms. The molecule has 0 spiro atoms. The maximum Gasteiger partial charge on any atom is 0.416 e. The van der Waals surface area contributed by atoms with Gasteiger partial charge in [0.05, 0.1) is 25.5 Å². The van der Waals surface area contributed by atoms with Crippen LogP contribution >= 0.6 is 0 Å². The molecule has 1 saturated heterocycles. The Morgan fingerprint density at radius 3 is 2.57 bits per heavy atom. The third-order valence-corrected chi connectivity index (χ3v) is 8.93. The smallest absolute Gasteiger partial charge is 0.416 e. The fourth-order valence-electron chi connectivity index (χ4n) is 6.67. The average molecular weight is 605 g/mol. The van der Waals surface area contributed by atoms with E-state index in [4.69, 9.17) is 14.5 Å². The number of nitrogens with zero attached hydrogens (tertiary/aromatic N) is 3. The highest BCUT2D eigenvalue weighted by Gasteiger charge is 2.30. The molecular weight excluding hydrogens is 556 g/mol. The molecule has 2 amide bonds. The lowest BCUT2D eigenvalue weighted by Crippen LogP contribution is -2.44. The van der Waals surface area contributed by atoms with Gasteiger partial charge in [-0.3, -0.25) is 14.5 Å². The summed E-state index contributed by atoms with van der Waals surface area (Å²) in [6, 6.07) is 10.1. The van der Waals surface area contributed by atoms with Crippen LogP contribution in [0.1, 0.15) is 93.3 Å². The van der Waals surface area contributed by atoms with E-state index in [0.29, 0.717) is 13.1 Å². The number of carbonyl (C=O) groups is 3. The molecule has 9 nitrogen and oxygen atoms in total. The van der Waals surface area contributed by atoms with Gasteiger partial charge in [0.15, 0.2) is 0 Å². The van der Waals surface area contributed by atoms with Crippen LogP contribution in [0.3, 0.4) is 0 Å². The van der Waals surface area contributed by atoms with Crippen molar-refractivity contribution in [1.29, 1.82) is 0 Å². The summed E-state index contributed by atoms with van der Waals surface area (Å²) in [7, 11) is 1.39. The number of anilines is 1. The summed E-state index contributed by atoms with van der Waals surface area (Å²) in [6.45, 7) is 8.78. The Balaban J connectivity index is 1.16. The molecule has 2 aromatic rings. The van der Waals surface area contributed by atoms with Gasteiger partial charge < -0.3 is 19.7 Å². The third-order valence-electron chi connectivity index (χ3n) is 8.93. The molecule has 1 N–H and O–H groups in total. The van der Waals surface area contributed by atoms with E-state index in [2.05, 4.69) is 34.5 Å². The van der Waals surface area contributed by atoms with Crippen molar-refractivity contribution in [3.8, 4) is 0 Å². The van der Waals surface area contributed by atoms with Gasteiger partial charge in [0.25, 0.3) is 0 Å². The zero-order valence-corrected chi connectivity index (χ0v) is 26.8. The van der Waals surface area contributed by atoms with Crippen molar-refractivity contribution in [2.24, 2.45) is 5.92 Å². The second kappa shape index (κ2) is 14.1. The fourth-order valence-corrected chi connectivity index (χ4v) is 6.67. The Hall–Kier alpha value is -3.46. The average Bonchev–Trinajstić information content (AvgIpc) is 3.48. The van der Waals surface area contributed by atoms with Crippen LogP contribution in [0, 0.1) is 5.92 Å². The summed E-state index contributed by atoms with van der Waals surface area (Å²) in [5.74, 6) is 0.277. The Morgan fingerprint density at radius 2 is 1.77 bits per heavy atom. The Bertz CT molecular complexity index is 1350. The van der Waals surface area contributed by atoms with Crippen molar-refractivity contribution in [2.75, 3.05) is 38.2 Å². The van der Waals surface area contributed by atoms with Gasteiger partial charge in [-0.1, -0.05) is 24.3 Å². The number of hydrogen-bond acceptors (Lipinski definition) is 7. The van der Waals surface area contributed by atoms with Crippen molar-refractivity contribution in [3.05, 3.63) is 58.3 Å². The molecule has 1 aromatic heterocycles. The van der Waals surface area contributed by atoms with Crippen LogP contribution in [0.25, 0.3) is 0 Å². The molecule has 5 rings (SSSR count). The van der Waals surface area contributed by atoms with Crippen molar-refractivity contribution >= 4 is 23.8 Å². The maximum atomic E-state index is 13.5. The van der Waals surface area contributed by atoms with E-state index in [-0.39, 0.29) is 30.3 Å². The first-order chi connectivity index (χ1) is 21.1. The summed E-state index contributed by atoms with van der Waals surface area (Å²) in [5.41, 5.74) is 5.15. The Labute approximate surface area is 261 Å². The zero-order chi connectivity index (χ0) is 31.3. The highest BCUT2D eigenvalue weighted by Crippen LogP contribution is 2.29. The van der Waals surface area contributed by atoms with Crippen LogP contribution < -0.4 is 10.2 Å². The van der Waals surface area contributed by atoms with Crippen molar-refractivity contribution in [1.82, 2.24) is 15.2 Å². The van der Waals surface area contributed by atoms with E-state index in [1.807, 2.05) is 26.8 Å². The Kier molecular flexibility index (Phi) is 10.2. The molecule has 238 valence electrons. The highest BCUT2D eigenvalue weighted by molar-refractivity contribution is 5.88. The summed E-state index contributed by atoms with van der Waals surface area (Å²) < 4.78 is 10.6. The van der Waals surface area contributed by atoms with E-state index in [1.165, 1.54) is 18.2 Å². The first-order valence-electron chi connectivity index (χ1n) is 16.3. The van der Waals surface area contributed by atoms with Crippen LogP contribution in [0.2, 0.25) is 0 Å². The molecule has 1 aliphatic carbocycles. The quantitative estimate of drug-likeness (QED) is 0.387. The molecule has 9 heteroatoms. The maximum absolute atomic E-state index is 13.5. The minimum atomic E-state index is -0.556. The number of esters is 1. The molecule has 0 radical (unpaired) electrons. The van der Waals surface area contributed by atoms with Crippen molar-refractivity contribution in [2.45, 2.75) is 96.6 Å². The molecule has 0 saturated carbocycles. The first-order valence-corrected chi connectivity index (χ1v) is 16.3. The number of nitrogens with one attached hydrogen (secondary N) is 1. The van der Waals surface area contributed by atoms with Crippen LogP contribution in [0.15, 0.2) is 30.3 Å². The second-order valence-corrected chi connectivity index (χ2v) is 13.5. The molecule has 2 atom stereocenters. The molecule has 1 fully saturated rings. The number of aromatic nitrogens is 1. The van der Waals surface area contributed by atoms with Gasteiger partial charge in [-0.05, 0) is 120 Å². The van der Waals surface area contributed by atoms with E-state index in [0.717, 1.165) is 93.5 Å². The number of fused-ring (bicyclic) bond motifs is 2. The van der Waals surface area contributed by atoms with Gasteiger partial charge in [0.1, 0.15) is 11.4 Å². The number of benzene rings is 1. The number of piperidine rings is 1. The predicted octanol–water partition coefficient (Wildman–Crippen LogP) is 5.32. The molecule has 3 heterocycles. The topological polar surface area (TPSA) is 101 Å². The normalized spacial score (nSPS) is 19.1. The second-order valence-electron chi connectivity index (χ2n) is 13.5. The number of carbonyl (C=O) groups excluding carboxylic acids is 3. The number of hydrogen-bond donors (Lipinski definition) is 1. The van der Waals surface area contributed by atoms with E-state index >= 15 is 0 Å².